The first-order valence-electron chi connectivity index (χ1n) is 6.28. The number of nitrogens with one attached hydrogen (secondary N) is 1. The van der Waals surface area contributed by atoms with Gasteiger partial charge in [-0.15, -0.1) is 0 Å². The lowest BCUT2D eigenvalue weighted by Crippen LogP contribution is -2.45. The van der Waals surface area contributed by atoms with Crippen molar-refractivity contribution >= 4 is 0 Å². The molecule has 1 saturated heterocycles. The Morgan fingerprint density at radius 1 is 1.25 bits per heavy atom. The second-order valence-electron chi connectivity index (χ2n) is 4.72. The molecule has 1 N–H and O–H groups in total. The van der Waals surface area contributed by atoms with Crippen molar-refractivity contribution in [3.63, 3.8) is 0 Å². The lowest BCUT2D eigenvalue weighted by atomic mass is 9.79. The largest absolute Gasteiger partial charge is 0.307 e. The van der Waals surface area contributed by atoms with Crippen molar-refractivity contribution in [3.8, 4) is 0 Å². The van der Waals surface area contributed by atoms with Gasteiger partial charge in [-0.3, -0.25) is 0 Å². The average Bonchev–Trinajstić information content (AvgIpc) is 2.31. The first kappa shape index (κ1) is 11.6. The molecule has 1 atom stereocenters. The van der Waals surface area contributed by atoms with Crippen molar-refractivity contribution in [2.24, 2.45) is 0 Å². The molecule has 0 bridgehead atoms. The van der Waals surface area contributed by atoms with Crippen molar-refractivity contribution in [1.82, 2.24) is 5.32 Å². The van der Waals surface area contributed by atoms with E-state index in [-0.39, 0.29) is 11.4 Å². The van der Waals surface area contributed by atoms with Crippen LogP contribution in [0.15, 0.2) is 24.3 Å². The van der Waals surface area contributed by atoms with E-state index in [1.807, 2.05) is 12.1 Å². The van der Waals surface area contributed by atoms with Gasteiger partial charge in [-0.05, 0) is 43.5 Å². The Kier molecular flexibility index (Phi) is 3.59. The lowest BCUT2D eigenvalue weighted by molar-refractivity contribution is 0.237. The lowest BCUT2D eigenvalue weighted by Gasteiger charge is -2.39. The third kappa shape index (κ3) is 2.27. The topological polar surface area (TPSA) is 12.0 Å². The van der Waals surface area contributed by atoms with Gasteiger partial charge in [0.05, 0.1) is 0 Å². The molecule has 1 nitrogen and oxygen atoms in total. The Morgan fingerprint density at radius 3 is 2.56 bits per heavy atom. The first-order valence-corrected chi connectivity index (χ1v) is 6.28. The third-order valence-electron chi connectivity index (χ3n) is 3.57. The monoisotopic (exact) mass is 221 g/mol. The van der Waals surface area contributed by atoms with Crippen LogP contribution in [0.25, 0.3) is 0 Å². The van der Waals surface area contributed by atoms with Crippen LogP contribution in [0.5, 0.6) is 0 Å². The van der Waals surface area contributed by atoms with Gasteiger partial charge in [0.2, 0.25) is 0 Å². The minimum absolute atomic E-state index is 0.0979. The molecule has 1 fully saturated rings. The standard InChI is InChI=1S/C14H20FN/c1-2-9-14(10-3-4-11-16-14)12-5-7-13(15)8-6-12/h5-8,16H,2-4,9-11H2,1H3. The molecule has 1 unspecified atom stereocenters. The van der Waals surface area contributed by atoms with Crippen molar-refractivity contribution in [1.29, 1.82) is 0 Å². The molecule has 0 amide bonds. The molecular weight excluding hydrogens is 201 g/mol. The summed E-state index contributed by atoms with van der Waals surface area (Å²) in [5.74, 6) is -0.147. The molecule has 1 aromatic rings. The maximum atomic E-state index is 12.9. The van der Waals surface area contributed by atoms with Gasteiger partial charge >= 0.3 is 0 Å². The summed E-state index contributed by atoms with van der Waals surface area (Å²) in [6, 6.07) is 7.01. The molecule has 0 radical (unpaired) electrons. The summed E-state index contributed by atoms with van der Waals surface area (Å²) in [7, 11) is 0. The highest BCUT2D eigenvalue weighted by Gasteiger charge is 2.32. The molecule has 0 spiro atoms. The van der Waals surface area contributed by atoms with E-state index in [9.17, 15) is 4.39 Å². The third-order valence-corrected chi connectivity index (χ3v) is 3.57. The molecule has 0 aliphatic carbocycles. The zero-order valence-electron chi connectivity index (χ0n) is 9.93. The van der Waals surface area contributed by atoms with Crippen LogP contribution in [-0.4, -0.2) is 6.54 Å². The first-order chi connectivity index (χ1) is 7.77. The highest BCUT2D eigenvalue weighted by Crippen LogP contribution is 2.34. The van der Waals surface area contributed by atoms with E-state index in [0.717, 1.165) is 19.4 Å². The van der Waals surface area contributed by atoms with E-state index in [2.05, 4.69) is 12.2 Å². The molecule has 1 heterocycles. The summed E-state index contributed by atoms with van der Waals surface area (Å²) < 4.78 is 12.9. The van der Waals surface area contributed by atoms with E-state index in [1.165, 1.54) is 24.8 Å². The average molecular weight is 221 g/mol. The molecule has 16 heavy (non-hydrogen) atoms. The molecule has 88 valence electrons. The summed E-state index contributed by atoms with van der Waals surface area (Å²) in [5.41, 5.74) is 1.34. The van der Waals surface area contributed by atoms with Crippen LogP contribution < -0.4 is 5.32 Å². The number of piperidine rings is 1. The fourth-order valence-corrected chi connectivity index (χ4v) is 2.77. The Labute approximate surface area is 97.1 Å². The summed E-state index contributed by atoms with van der Waals surface area (Å²) >= 11 is 0. The van der Waals surface area contributed by atoms with E-state index in [0.29, 0.717) is 0 Å². The number of benzene rings is 1. The summed E-state index contributed by atoms with van der Waals surface area (Å²) in [6.45, 7) is 3.29. The van der Waals surface area contributed by atoms with Crippen LogP contribution in [0.2, 0.25) is 0 Å². The highest BCUT2D eigenvalue weighted by atomic mass is 19.1. The number of hydrogen-bond donors (Lipinski definition) is 1. The Balaban J connectivity index is 2.26. The predicted octanol–water partition coefficient (Wildman–Crippen LogP) is 3.59. The summed E-state index contributed by atoms with van der Waals surface area (Å²) in [5, 5.41) is 3.65. The highest BCUT2D eigenvalue weighted by molar-refractivity contribution is 5.25. The van der Waals surface area contributed by atoms with Gasteiger partial charge in [-0.25, -0.2) is 4.39 Å². The summed E-state index contributed by atoms with van der Waals surface area (Å²) in [6.07, 6.45) is 5.99. The van der Waals surface area contributed by atoms with Gasteiger partial charge in [-0.1, -0.05) is 31.9 Å². The van der Waals surface area contributed by atoms with Crippen LogP contribution in [-0.2, 0) is 5.54 Å². The fraction of sp³-hybridized carbons (Fsp3) is 0.571. The Bertz CT molecular complexity index is 320. The maximum absolute atomic E-state index is 12.9. The predicted molar refractivity (Wildman–Crippen MR) is 64.8 cm³/mol. The quantitative estimate of drug-likeness (QED) is 0.822. The van der Waals surface area contributed by atoms with Gasteiger partial charge < -0.3 is 5.32 Å². The molecule has 0 aromatic heterocycles. The number of hydrogen-bond acceptors (Lipinski definition) is 1. The molecule has 1 aliphatic rings. The van der Waals surface area contributed by atoms with Crippen LogP contribution in [0, 0.1) is 5.82 Å². The van der Waals surface area contributed by atoms with Crippen LogP contribution in [0.1, 0.15) is 44.6 Å². The molecule has 2 heteroatoms. The van der Waals surface area contributed by atoms with Crippen molar-refractivity contribution in [2.75, 3.05) is 6.54 Å². The minimum atomic E-state index is -0.147. The van der Waals surface area contributed by atoms with Gasteiger partial charge in [0, 0.05) is 5.54 Å². The zero-order chi connectivity index (χ0) is 11.4. The van der Waals surface area contributed by atoms with Gasteiger partial charge in [0.15, 0.2) is 0 Å². The molecule has 0 saturated carbocycles. The number of halogens is 1. The molecular formula is C14H20FN. The summed E-state index contributed by atoms with van der Waals surface area (Å²) in [4.78, 5) is 0. The minimum Gasteiger partial charge on any atom is -0.307 e. The van der Waals surface area contributed by atoms with Crippen LogP contribution in [0.3, 0.4) is 0 Å². The van der Waals surface area contributed by atoms with Gasteiger partial charge in [0.25, 0.3) is 0 Å². The van der Waals surface area contributed by atoms with E-state index in [4.69, 9.17) is 0 Å². The molecule has 2 rings (SSSR count). The maximum Gasteiger partial charge on any atom is 0.123 e. The Morgan fingerprint density at radius 2 is 2.00 bits per heavy atom. The second-order valence-corrected chi connectivity index (χ2v) is 4.72. The molecule has 1 aromatic carbocycles. The van der Waals surface area contributed by atoms with Crippen LogP contribution >= 0.6 is 0 Å². The normalized spacial score (nSPS) is 25.6. The van der Waals surface area contributed by atoms with Crippen molar-refractivity contribution in [3.05, 3.63) is 35.6 Å². The van der Waals surface area contributed by atoms with E-state index < -0.39 is 0 Å². The van der Waals surface area contributed by atoms with E-state index >= 15 is 0 Å². The SMILES string of the molecule is CCCC1(c2ccc(F)cc2)CCCCN1. The van der Waals surface area contributed by atoms with Gasteiger partial charge in [0.1, 0.15) is 5.82 Å². The van der Waals surface area contributed by atoms with Crippen molar-refractivity contribution in [2.45, 2.75) is 44.6 Å². The van der Waals surface area contributed by atoms with Crippen LogP contribution in [0.4, 0.5) is 4.39 Å². The van der Waals surface area contributed by atoms with Crippen molar-refractivity contribution < 1.29 is 4.39 Å². The number of rotatable bonds is 3. The molecule has 1 aliphatic heterocycles. The smallest absolute Gasteiger partial charge is 0.123 e. The van der Waals surface area contributed by atoms with Gasteiger partial charge in [-0.2, -0.15) is 0 Å². The van der Waals surface area contributed by atoms with E-state index in [1.54, 1.807) is 12.1 Å². The Hall–Kier alpha value is -0.890. The fourth-order valence-electron chi connectivity index (χ4n) is 2.77. The second kappa shape index (κ2) is 4.96. The zero-order valence-corrected chi connectivity index (χ0v) is 9.93.